The van der Waals surface area contributed by atoms with E-state index in [4.69, 9.17) is 13.6 Å². The summed E-state index contributed by atoms with van der Waals surface area (Å²) in [6.45, 7) is 35.4. The van der Waals surface area contributed by atoms with Crippen LogP contribution in [0, 0.1) is 22.7 Å². The van der Waals surface area contributed by atoms with Gasteiger partial charge in [-0.05, 0) is 118 Å². The first-order chi connectivity index (χ1) is 19.8. The first-order valence-electron chi connectivity index (χ1n) is 17.6. The fourth-order valence-electron chi connectivity index (χ4n) is 8.22. The Hall–Kier alpha value is -0.506. The lowest BCUT2D eigenvalue weighted by Gasteiger charge is -2.59. The molecule has 0 aromatic rings. The summed E-state index contributed by atoms with van der Waals surface area (Å²) in [7, 11) is -3.94. The van der Waals surface area contributed by atoms with Crippen LogP contribution < -0.4 is 0 Å². The lowest BCUT2D eigenvalue weighted by Crippen LogP contribution is -2.58. The van der Waals surface area contributed by atoms with Crippen molar-refractivity contribution in [3.05, 3.63) is 34.9 Å². The Bertz CT molecular complexity index is 1160. The summed E-state index contributed by atoms with van der Waals surface area (Å²) in [5.41, 5.74) is 4.09. The summed E-state index contributed by atoms with van der Waals surface area (Å²) in [6.07, 6.45) is 14.1. The highest BCUT2D eigenvalue weighted by Gasteiger charge is 2.59. The molecule has 0 heterocycles. The van der Waals surface area contributed by atoms with Gasteiger partial charge in [0.1, 0.15) is 0 Å². The summed E-state index contributed by atoms with van der Waals surface area (Å²) in [5, 5.41) is 10.6. The molecule has 0 amide bonds. The molecule has 4 aliphatic carbocycles. The van der Waals surface area contributed by atoms with Crippen molar-refractivity contribution >= 4 is 16.6 Å². The third-order valence-electron chi connectivity index (χ3n) is 13.3. The van der Waals surface area contributed by atoms with Gasteiger partial charge in [0.15, 0.2) is 16.6 Å². The van der Waals surface area contributed by atoms with E-state index in [0.29, 0.717) is 24.9 Å². The maximum Gasteiger partial charge on any atom is 0.192 e. The Morgan fingerprint density at radius 3 is 2.07 bits per heavy atom. The van der Waals surface area contributed by atoms with Gasteiger partial charge in [0.25, 0.3) is 0 Å². The van der Waals surface area contributed by atoms with E-state index in [1.54, 1.807) is 11.1 Å². The molecule has 252 valence electrons. The van der Waals surface area contributed by atoms with Gasteiger partial charge >= 0.3 is 0 Å². The number of hydrogen-bond acceptors (Lipinski definition) is 4. The maximum absolute atomic E-state index is 10.2. The Balaban J connectivity index is 1.65. The number of allylic oxidation sites excluding steroid dienone is 4. The summed E-state index contributed by atoms with van der Waals surface area (Å²) < 4.78 is 21.0. The Morgan fingerprint density at radius 1 is 0.909 bits per heavy atom. The number of hydrogen-bond donors (Lipinski definition) is 1. The lowest BCUT2D eigenvalue weighted by molar-refractivity contribution is -0.0407. The predicted octanol–water partition coefficient (Wildman–Crippen LogP) is 10.4. The van der Waals surface area contributed by atoms with Gasteiger partial charge in [-0.3, -0.25) is 0 Å². The molecular weight excluding hydrogens is 577 g/mol. The summed E-state index contributed by atoms with van der Waals surface area (Å²) in [4.78, 5) is 0. The van der Waals surface area contributed by atoms with Gasteiger partial charge in [-0.1, -0.05) is 84.8 Å². The molecule has 4 rings (SSSR count). The van der Waals surface area contributed by atoms with Crippen molar-refractivity contribution in [1.29, 1.82) is 0 Å². The van der Waals surface area contributed by atoms with Gasteiger partial charge < -0.3 is 18.7 Å². The van der Waals surface area contributed by atoms with E-state index < -0.39 is 22.2 Å². The number of aliphatic hydroxyl groups is 1. The normalized spacial score (nSPS) is 34.0. The van der Waals surface area contributed by atoms with E-state index in [1.807, 2.05) is 13.8 Å². The molecule has 0 saturated heterocycles. The van der Waals surface area contributed by atoms with Crippen molar-refractivity contribution < 1.29 is 18.7 Å². The van der Waals surface area contributed by atoms with Crippen LogP contribution in [0.15, 0.2) is 34.9 Å². The van der Waals surface area contributed by atoms with E-state index in [0.717, 1.165) is 19.3 Å². The third kappa shape index (κ3) is 6.74. The molecule has 0 aliphatic heterocycles. The van der Waals surface area contributed by atoms with Gasteiger partial charge in [0, 0.05) is 5.41 Å². The van der Waals surface area contributed by atoms with Crippen molar-refractivity contribution in [1.82, 2.24) is 0 Å². The van der Waals surface area contributed by atoms with E-state index in [1.165, 1.54) is 18.4 Å². The van der Waals surface area contributed by atoms with Gasteiger partial charge in [-0.25, -0.2) is 0 Å². The highest BCUT2D eigenvalue weighted by atomic mass is 28.4. The zero-order valence-electron chi connectivity index (χ0n) is 31.2. The summed E-state index contributed by atoms with van der Waals surface area (Å²) in [5.74, 6) is 1.02. The average Bonchev–Trinajstić information content (AvgIpc) is 3.19. The van der Waals surface area contributed by atoms with Crippen LogP contribution in [0.5, 0.6) is 0 Å². The number of ether oxygens (including phenoxy) is 1. The lowest BCUT2D eigenvalue weighted by atomic mass is 9.49. The second kappa shape index (κ2) is 11.9. The highest BCUT2D eigenvalue weighted by Crippen LogP contribution is 2.65. The smallest absolute Gasteiger partial charge is 0.192 e. The van der Waals surface area contributed by atoms with Crippen LogP contribution in [0.4, 0.5) is 0 Å². The minimum Gasteiger partial charge on any atom is -0.414 e. The van der Waals surface area contributed by atoms with Crippen molar-refractivity contribution in [2.24, 2.45) is 22.7 Å². The van der Waals surface area contributed by atoms with E-state index in [2.05, 4.69) is 107 Å². The first-order valence-corrected chi connectivity index (χ1v) is 23.5. The molecule has 0 aromatic carbocycles. The van der Waals surface area contributed by atoms with Crippen molar-refractivity contribution in [2.75, 3.05) is 6.61 Å². The predicted molar refractivity (Wildman–Crippen MR) is 191 cm³/mol. The third-order valence-corrected chi connectivity index (χ3v) is 22.3. The molecule has 44 heavy (non-hydrogen) atoms. The van der Waals surface area contributed by atoms with Crippen LogP contribution in [0.2, 0.25) is 36.3 Å². The van der Waals surface area contributed by atoms with Crippen LogP contribution >= 0.6 is 0 Å². The minimum atomic E-state index is -2.03. The van der Waals surface area contributed by atoms with Gasteiger partial charge in [-0.15, -0.1) is 0 Å². The van der Waals surface area contributed by atoms with Crippen LogP contribution in [-0.4, -0.2) is 52.3 Å². The molecule has 1 N–H and O–H groups in total. The summed E-state index contributed by atoms with van der Waals surface area (Å²) in [6, 6.07) is 0. The Kier molecular flexibility index (Phi) is 9.81. The van der Waals surface area contributed by atoms with E-state index in [-0.39, 0.29) is 39.2 Å². The van der Waals surface area contributed by atoms with Gasteiger partial charge in [0.2, 0.25) is 0 Å². The van der Waals surface area contributed by atoms with Crippen LogP contribution in [0.25, 0.3) is 0 Å². The molecule has 4 aliphatic rings. The zero-order chi connectivity index (χ0) is 33.3. The molecule has 0 spiro atoms. The monoisotopic (exact) mass is 644 g/mol. The Labute approximate surface area is 273 Å². The fourth-order valence-corrected chi connectivity index (χ4v) is 11.0. The molecule has 0 aromatic heterocycles. The van der Waals surface area contributed by atoms with Crippen molar-refractivity contribution in [3.63, 3.8) is 0 Å². The number of fused-ring (bicyclic) bond motifs is 5. The SMILES string of the molecule is CC(OCCC(C)(C)O)C1=CC[C@H]2C3=CC=C4C[C@@H](O[Si](C)(C)C(C)(C)C)C[C@H](O[Si](C)(C)C(C)(C)C)[C@]4(C)[C@H]3CC[C@]12C. The maximum atomic E-state index is 10.2. The Morgan fingerprint density at radius 2 is 1.50 bits per heavy atom. The molecule has 2 fully saturated rings. The quantitative estimate of drug-likeness (QED) is 0.200. The molecule has 7 atom stereocenters. The van der Waals surface area contributed by atoms with Crippen molar-refractivity contribution in [2.45, 2.75) is 175 Å². The molecule has 0 bridgehead atoms. The molecule has 2 saturated carbocycles. The molecule has 0 radical (unpaired) electrons. The topological polar surface area (TPSA) is 47.9 Å². The fraction of sp³-hybridized carbons (Fsp3) is 0.842. The second-order valence-corrected chi connectivity index (χ2v) is 28.5. The largest absolute Gasteiger partial charge is 0.414 e. The number of rotatable bonds is 9. The van der Waals surface area contributed by atoms with E-state index in [9.17, 15) is 5.11 Å². The first kappa shape index (κ1) is 36.3. The van der Waals surface area contributed by atoms with Gasteiger partial charge in [-0.2, -0.15) is 0 Å². The van der Waals surface area contributed by atoms with Crippen LogP contribution in [0.1, 0.15) is 115 Å². The molecular formula is C38H68O4Si2. The molecule has 4 nitrogen and oxygen atoms in total. The van der Waals surface area contributed by atoms with Crippen LogP contribution in [0.3, 0.4) is 0 Å². The summed E-state index contributed by atoms with van der Waals surface area (Å²) >= 11 is 0. The van der Waals surface area contributed by atoms with Crippen LogP contribution in [-0.2, 0) is 13.6 Å². The highest BCUT2D eigenvalue weighted by molar-refractivity contribution is 6.74. The standard InChI is InChI=1S/C38H68O4Si2/c1-26(40-23-22-36(8,9)39)30-18-19-31-29-17-16-27-24-28(41-43(12,13)34(2,3)4)25-33(42-44(14,15)35(5,6)7)38(27,11)32(29)20-21-37(30,31)10/h16-18,26,28,31-33,39H,19-25H2,1-15H3/t26?,28-,31+,32+,33+,37-,38+/m1/s1. The average molecular weight is 645 g/mol. The minimum absolute atomic E-state index is 0.00813. The molecule has 6 heteroatoms. The zero-order valence-corrected chi connectivity index (χ0v) is 33.2. The van der Waals surface area contributed by atoms with Gasteiger partial charge in [0.05, 0.1) is 30.5 Å². The van der Waals surface area contributed by atoms with Crippen molar-refractivity contribution in [3.8, 4) is 0 Å². The molecule has 1 unspecified atom stereocenters. The second-order valence-electron chi connectivity index (χ2n) is 19.0. The van der Waals surface area contributed by atoms with E-state index >= 15 is 0 Å².